The molecule has 2 aromatic carbocycles. The van der Waals surface area contributed by atoms with Crippen molar-refractivity contribution in [1.29, 1.82) is 0 Å². The molecule has 5 heteroatoms. The van der Waals surface area contributed by atoms with E-state index in [9.17, 15) is 0 Å². The molecule has 0 unspecified atom stereocenters. The van der Waals surface area contributed by atoms with Crippen LogP contribution in [0.2, 0.25) is 5.04 Å². The molecular weight excluding hydrogens is 446 g/mol. The number of nitrogens with zero attached hydrogens (tertiary/aromatic N) is 3. The Morgan fingerprint density at radius 3 is 2.00 bits per heavy atom. The van der Waals surface area contributed by atoms with Crippen LogP contribution in [0.25, 0.3) is 10.4 Å². The van der Waals surface area contributed by atoms with Gasteiger partial charge in [-0.25, -0.2) is 0 Å². The minimum Gasteiger partial charge on any atom is -0.407 e. The summed E-state index contributed by atoms with van der Waals surface area (Å²) in [6.45, 7) is 9.68. The molecule has 0 spiro atoms. The molecule has 2 aromatic rings. The molecule has 0 aliphatic rings. The molecule has 1 atom stereocenters. The average Bonchev–Trinajstić information content (AvgIpc) is 2.86. The van der Waals surface area contributed by atoms with Gasteiger partial charge in [-0.2, -0.15) is 0 Å². The van der Waals surface area contributed by atoms with Gasteiger partial charge in [-0.3, -0.25) is 0 Å². The summed E-state index contributed by atoms with van der Waals surface area (Å²) in [5.41, 5.74) is 9.13. The quantitative estimate of drug-likeness (QED) is 0.0581. The zero-order chi connectivity index (χ0) is 25.4. The first-order valence-electron chi connectivity index (χ1n) is 13.4. The standard InChI is InChI=1S/C30H45N3OSi/c1-5-6-7-8-9-10-11-12-15-20-27(32-33-31)25-26-34-35(30(2,3)4,28-21-16-13-17-22-28)29-23-18-14-19-24-29/h12-19,21-24,27H,5-11,20,25-26H2,1-4H3/b15-12-/t27-/m1/s1. The minimum absolute atomic E-state index is 0.0548. The van der Waals surface area contributed by atoms with Crippen LogP contribution in [0.3, 0.4) is 0 Å². The van der Waals surface area contributed by atoms with Crippen molar-refractivity contribution in [3.63, 3.8) is 0 Å². The van der Waals surface area contributed by atoms with Crippen molar-refractivity contribution in [1.82, 2.24) is 0 Å². The van der Waals surface area contributed by atoms with Gasteiger partial charge in [-0.05, 0) is 46.6 Å². The highest BCUT2D eigenvalue weighted by Crippen LogP contribution is 2.36. The Morgan fingerprint density at radius 2 is 1.46 bits per heavy atom. The molecule has 0 heterocycles. The van der Waals surface area contributed by atoms with Crippen molar-refractivity contribution in [2.75, 3.05) is 6.61 Å². The Kier molecular flexibility index (Phi) is 12.9. The first-order chi connectivity index (χ1) is 17.0. The van der Waals surface area contributed by atoms with Gasteiger partial charge >= 0.3 is 0 Å². The lowest BCUT2D eigenvalue weighted by molar-refractivity contribution is 0.280. The van der Waals surface area contributed by atoms with E-state index in [-0.39, 0.29) is 11.1 Å². The van der Waals surface area contributed by atoms with Crippen molar-refractivity contribution in [2.45, 2.75) is 96.6 Å². The van der Waals surface area contributed by atoms with Gasteiger partial charge < -0.3 is 4.43 Å². The summed E-state index contributed by atoms with van der Waals surface area (Å²) in [5.74, 6) is 0. The van der Waals surface area contributed by atoms with Crippen molar-refractivity contribution in [3.05, 3.63) is 83.3 Å². The fourth-order valence-corrected chi connectivity index (χ4v) is 9.40. The molecule has 0 saturated heterocycles. The smallest absolute Gasteiger partial charge is 0.261 e. The van der Waals surface area contributed by atoms with Gasteiger partial charge in [0.25, 0.3) is 8.32 Å². The Balaban J connectivity index is 2.04. The first-order valence-corrected chi connectivity index (χ1v) is 15.3. The highest BCUT2D eigenvalue weighted by atomic mass is 28.4. The highest BCUT2D eigenvalue weighted by Gasteiger charge is 2.50. The average molecular weight is 492 g/mol. The topological polar surface area (TPSA) is 58.0 Å². The van der Waals surface area contributed by atoms with Gasteiger partial charge in [-0.1, -0.05) is 138 Å². The Hall–Kier alpha value is -2.33. The summed E-state index contributed by atoms with van der Waals surface area (Å²) in [4.78, 5) is 3.12. The van der Waals surface area contributed by atoms with E-state index in [1.165, 1.54) is 48.9 Å². The van der Waals surface area contributed by atoms with Crippen LogP contribution in [-0.4, -0.2) is 21.0 Å². The van der Waals surface area contributed by atoms with E-state index in [2.05, 4.69) is 111 Å². The van der Waals surface area contributed by atoms with Crippen LogP contribution in [0.1, 0.15) is 85.5 Å². The summed E-state index contributed by atoms with van der Waals surface area (Å²) in [6, 6.07) is 21.3. The van der Waals surface area contributed by atoms with E-state index in [0.29, 0.717) is 6.61 Å². The van der Waals surface area contributed by atoms with Crippen LogP contribution in [-0.2, 0) is 4.43 Å². The number of allylic oxidation sites excluding steroid dienone is 1. The number of azide groups is 1. The van der Waals surface area contributed by atoms with Crippen molar-refractivity contribution < 1.29 is 4.43 Å². The SMILES string of the molecule is CCCCCCCC/C=C\C[C@H](CCO[Si](c1ccccc1)(c1ccccc1)C(C)(C)C)N=[N+]=[N-]. The molecule has 0 aliphatic heterocycles. The highest BCUT2D eigenvalue weighted by molar-refractivity contribution is 6.99. The van der Waals surface area contributed by atoms with E-state index in [4.69, 9.17) is 9.96 Å². The third kappa shape index (κ3) is 8.99. The minimum atomic E-state index is -2.55. The summed E-state index contributed by atoms with van der Waals surface area (Å²) in [5, 5.41) is 6.58. The van der Waals surface area contributed by atoms with Gasteiger partial charge in [0.15, 0.2) is 0 Å². The second kappa shape index (κ2) is 15.6. The summed E-state index contributed by atoms with van der Waals surface area (Å²) < 4.78 is 6.97. The van der Waals surface area contributed by atoms with E-state index in [0.717, 1.165) is 19.3 Å². The molecule has 35 heavy (non-hydrogen) atoms. The van der Waals surface area contributed by atoms with Crippen molar-refractivity contribution >= 4 is 18.7 Å². The molecule has 0 saturated carbocycles. The first kappa shape index (κ1) is 28.9. The Morgan fingerprint density at radius 1 is 0.886 bits per heavy atom. The van der Waals surface area contributed by atoms with E-state index >= 15 is 0 Å². The van der Waals surface area contributed by atoms with E-state index in [1.54, 1.807) is 0 Å². The third-order valence-corrected chi connectivity index (χ3v) is 11.7. The molecule has 0 aromatic heterocycles. The zero-order valence-corrected chi connectivity index (χ0v) is 23.3. The molecule has 0 radical (unpaired) electrons. The predicted molar refractivity (Wildman–Crippen MR) is 153 cm³/mol. The van der Waals surface area contributed by atoms with Gasteiger partial charge in [0, 0.05) is 17.6 Å². The van der Waals surface area contributed by atoms with E-state index in [1.807, 2.05) is 0 Å². The largest absolute Gasteiger partial charge is 0.407 e. The second-order valence-corrected chi connectivity index (χ2v) is 14.7. The number of benzene rings is 2. The molecule has 0 fully saturated rings. The van der Waals surface area contributed by atoms with Crippen LogP contribution >= 0.6 is 0 Å². The second-order valence-electron chi connectivity index (χ2n) is 10.4. The van der Waals surface area contributed by atoms with Crippen LogP contribution in [0, 0.1) is 0 Å². The Bertz CT molecular complexity index is 863. The summed E-state index contributed by atoms with van der Waals surface area (Å²) in [7, 11) is -2.55. The zero-order valence-electron chi connectivity index (χ0n) is 22.3. The lowest BCUT2D eigenvalue weighted by Gasteiger charge is -2.43. The van der Waals surface area contributed by atoms with Gasteiger partial charge in [0.05, 0.1) is 0 Å². The molecule has 0 bridgehead atoms. The number of hydrogen-bond acceptors (Lipinski definition) is 2. The normalized spacial score (nSPS) is 13.0. The van der Waals surface area contributed by atoms with Crippen LogP contribution in [0.5, 0.6) is 0 Å². The van der Waals surface area contributed by atoms with Gasteiger partial charge in [0.2, 0.25) is 0 Å². The van der Waals surface area contributed by atoms with Crippen LogP contribution < -0.4 is 10.4 Å². The fraction of sp³-hybridized carbons (Fsp3) is 0.533. The number of unbranched alkanes of at least 4 members (excludes halogenated alkanes) is 6. The fourth-order valence-electron chi connectivity index (χ4n) is 4.82. The maximum absolute atomic E-state index is 9.13. The molecule has 0 aliphatic carbocycles. The molecule has 4 nitrogen and oxygen atoms in total. The Labute approximate surface area is 214 Å². The maximum Gasteiger partial charge on any atom is 0.261 e. The summed E-state index contributed by atoms with van der Waals surface area (Å²) in [6.07, 6.45) is 14.9. The lowest BCUT2D eigenvalue weighted by Crippen LogP contribution is -2.66. The lowest BCUT2D eigenvalue weighted by atomic mass is 10.1. The van der Waals surface area contributed by atoms with Crippen molar-refractivity contribution in [2.24, 2.45) is 5.11 Å². The molecule has 2 rings (SSSR count). The van der Waals surface area contributed by atoms with Crippen molar-refractivity contribution in [3.8, 4) is 0 Å². The van der Waals surface area contributed by atoms with Gasteiger partial charge in [-0.15, -0.1) is 0 Å². The monoisotopic (exact) mass is 491 g/mol. The summed E-state index contributed by atoms with van der Waals surface area (Å²) >= 11 is 0. The number of rotatable bonds is 16. The third-order valence-electron chi connectivity index (χ3n) is 6.70. The van der Waals surface area contributed by atoms with Crippen LogP contribution in [0.4, 0.5) is 0 Å². The molecule has 190 valence electrons. The molecule has 0 N–H and O–H groups in total. The maximum atomic E-state index is 9.13. The number of hydrogen-bond donors (Lipinski definition) is 0. The molecule has 0 amide bonds. The predicted octanol–water partition coefficient (Wildman–Crippen LogP) is 8.33. The van der Waals surface area contributed by atoms with E-state index < -0.39 is 8.32 Å². The van der Waals surface area contributed by atoms with Crippen LogP contribution in [0.15, 0.2) is 77.9 Å². The molecular formula is C30H45N3OSi. The van der Waals surface area contributed by atoms with Gasteiger partial charge in [0.1, 0.15) is 0 Å².